The first-order chi connectivity index (χ1) is 13.6. The third-order valence-corrected chi connectivity index (χ3v) is 4.71. The molecule has 0 saturated heterocycles. The summed E-state index contributed by atoms with van der Waals surface area (Å²) in [7, 11) is 0. The van der Waals surface area contributed by atoms with E-state index in [-0.39, 0.29) is 12.5 Å². The largest absolute Gasteiger partial charge is 0.342 e. The quantitative estimate of drug-likeness (QED) is 0.318. The summed E-state index contributed by atoms with van der Waals surface area (Å²) in [6, 6.07) is 18.4. The van der Waals surface area contributed by atoms with Gasteiger partial charge in [-0.15, -0.1) is 0 Å². The Kier molecular flexibility index (Phi) is 4.63. The van der Waals surface area contributed by atoms with Gasteiger partial charge in [-0.2, -0.15) is 0 Å². The zero-order chi connectivity index (χ0) is 19.7. The molecular weight excluding hydrogens is 360 g/mol. The van der Waals surface area contributed by atoms with Crippen LogP contribution in [0, 0.1) is 11.6 Å². The zero-order valence-electron chi connectivity index (χ0n) is 14.8. The number of nitrogen functional groups attached to an aromatic ring is 1. The topological polar surface area (TPSA) is 60.0 Å². The highest BCUT2D eigenvalue weighted by Gasteiger charge is 2.13. The molecule has 4 aromatic rings. The lowest BCUT2D eigenvalue weighted by Gasteiger charge is -2.07. The number of aromatic nitrogens is 1. The van der Waals surface area contributed by atoms with Gasteiger partial charge in [-0.3, -0.25) is 10.2 Å². The maximum Gasteiger partial charge on any atom is 0.265 e. The number of nitrogens with zero attached hydrogens (tertiary/aromatic N) is 1. The fourth-order valence-electron chi connectivity index (χ4n) is 3.35. The molecule has 0 aliphatic rings. The van der Waals surface area contributed by atoms with Gasteiger partial charge in [0.1, 0.15) is 11.6 Å². The molecule has 0 aliphatic carbocycles. The fourth-order valence-corrected chi connectivity index (χ4v) is 3.35. The Hall–Kier alpha value is -3.51. The Morgan fingerprint density at radius 2 is 1.82 bits per heavy atom. The van der Waals surface area contributed by atoms with Gasteiger partial charge in [0.25, 0.3) is 5.91 Å². The number of hydrogen-bond donors (Lipinski definition) is 2. The van der Waals surface area contributed by atoms with Gasteiger partial charge in [0.2, 0.25) is 0 Å². The Labute approximate surface area is 160 Å². The van der Waals surface area contributed by atoms with E-state index >= 15 is 0 Å². The first-order valence-electron chi connectivity index (χ1n) is 8.70. The van der Waals surface area contributed by atoms with Crippen molar-refractivity contribution in [2.45, 2.75) is 6.54 Å². The van der Waals surface area contributed by atoms with Gasteiger partial charge in [-0.25, -0.2) is 14.6 Å². The number of rotatable bonds is 4. The first kappa shape index (κ1) is 17.9. The number of amides is 1. The summed E-state index contributed by atoms with van der Waals surface area (Å²) in [5, 5.41) is 0.968. The second kappa shape index (κ2) is 7.25. The number of para-hydroxylation sites is 1. The van der Waals surface area contributed by atoms with E-state index in [0.717, 1.165) is 28.1 Å². The standard InChI is InChI=1S/C22H17F2N3O/c23-17-9-8-16(20(24)11-17)12-27-13-19(18-6-1-2-7-21(18)27)14-4-3-5-15(10-14)22(28)26-25/h1-11,13H,12,25H2,(H,26,28). The van der Waals surface area contributed by atoms with Gasteiger partial charge in [0.05, 0.1) is 6.54 Å². The molecule has 0 aliphatic heterocycles. The highest BCUT2D eigenvalue weighted by molar-refractivity contribution is 5.99. The van der Waals surface area contributed by atoms with Crippen LogP contribution in [0.5, 0.6) is 0 Å². The maximum atomic E-state index is 14.1. The molecule has 0 atom stereocenters. The normalized spacial score (nSPS) is 11.0. The summed E-state index contributed by atoms with van der Waals surface area (Å²) in [4.78, 5) is 11.9. The Bertz CT molecular complexity index is 1180. The summed E-state index contributed by atoms with van der Waals surface area (Å²) in [6.45, 7) is 0.260. The third-order valence-electron chi connectivity index (χ3n) is 4.71. The smallest absolute Gasteiger partial charge is 0.265 e. The van der Waals surface area contributed by atoms with Gasteiger partial charge in [0.15, 0.2) is 0 Å². The lowest BCUT2D eigenvalue weighted by atomic mass is 10.0. The summed E-state index contributed by atoms with van der Waals surface area (Å²) >= 11 is 0. The molecule has 0 saturated carbocycles. The van der Waals surface area contributed by atoms with E-state index in [0.29, 0.717) is 11.1 Å². The van der Waals surface area contributed by atoms with Crippen LogP contribution >= 0.6 is 0 Å². The number of nitrogens with one attached hydrogen (secondary N) is 1. The summed E-state index contributed by atoms with van der Waals surface area (Å²) in [6.07, 6.45) is 1.91. The molecule has 0 unspecified atom stereocenters. The van der Waals surface area contributed by atoms with Crippen molar-refractivity contribution in [2.24, 2.45) is 5.84 Å². The van der Waals surface area contributed by atoms with Crippen molar-refractivity contribution in [3.63, 3.8) is 0 Å². The highest BCUT2D eigenvalue weighted by atomic mass is 19.1. The van der Waals surface area contributed by atoms with Crippen molar-refractivity contribution in [1.82, 2.24) is 9.99 Å². The predicted octanol–water partition coefficient (Wildman–Crippen LogP) is 4.24. The van der Waals surface area contributed by atoms with Crippen LogP contribution in [0.4, 0.5) is 8.78 Å². The van der Waals surface area contributed by atoms with E-state index in [2.05, 4.69) is 5.43 Å². The van der Waals surface area contributed by atoms with Crippen LogP contribution < -0.4 is 11.3 Å². The van der Waals surface area contributed by atoms with Gasteiger partial charge in [-0.1, -0.05) is 36.4 Å². The Balaban J connectivity index is 1.82. The molecule has 1 heterocycles. The molecule has 28 heavy (non-hydrogen) atoms. The predicted molar refractivity (Wildman–Crippen MR) is 104 cm³/mol. The SMILES string of the molecule is NNC(=O)c1cccc(-c2cn(Cc3ccc(F)cc3F)c3ccccc23)c1. The van der Waals surface area contributed by atoms with E-state index in [4.69, 9.17) is 5.84 Å². The minimum atomic E-state index is -0.603. The zero-order valence-corrected chi connectivity index (χ0v) is 14.8. The Morgan fingerprint density at radius 3 is 2.61 bits per heavy atom. The number of nitrogens with two attached hydrogens (primary N) is 1. The molecule has 140 valence electrons. The molecule has 0 spiro atoms. The first-order valence-corrected chi connectivity index (χ1v) is 8.70. The molecule has 1 aromatic heterocycles. The van der Waals surface area contributed by atoms with Crippen molar-refractivity contribution in [3.05, 3.63) is 95.7 Å². The minimum absolute atomic E-state index is 0.260. The molecule has 0 fully saturated rings. The average Bonchev–Trinajstić information content (AvgIpc) is 3.08. The summed E-state index contributed by atoms with van der Waals surface area (Å²) in [5.41, 5.74) is 5.63. The lowest BCUT2D eigenvalue weighted by molar-refractivity contribution is 0.0953. The monoisotopic (exact) mass is 377 g/mol. The highest BCUT2D eigenvalue weighted by Crippen LogP contribution is 2.32. The van der Waals surface area contributed by atoms with Crippen LogP contribution in [0.1, 0.15) is 15.9 Å². The van der Waals surface area contributed by atoms with Crippen LogP contribution in [-0.2, 0) is 6.54 Å². The molecule has 0 radical (unpaired) electrons. The van der Waals surface area contributed by atoms with E-state index in [1.165, 1.54) is 12.1 Å². The molecule has 6 heteroatoms. The molecule has 0 bridgehead atoms. The average molecular weight is 377 g/mol. The van der Waals surface area contributed by atoms with Crippen molar-refractivity contribution in [3.8, 4) is 11.1 Å². The van der Waals surface area contributed by atoms with Crippen LogP contribution in [0.25, 0.3) is 22.0 Å². The molecule has 3 aromatic carbocycles. The van der Waals surface area contributed by atoms with Gasteiger partial charge in [0, 0.05) is 39.9 Å². The summed E-state index contributed by atoms with van der Waals surface area (Å²) < 4.78 is 29.3. The molecule has 4 rings (SSSR count). The van der Waals surface area contributed by atoms with Crippen LogP contribution in [0.3, 0.4) is 0 Å². The van der Waals surface area contributed by atoms with Crippen LogP contribution in [0.2, 0.25) is 0 Å². The van der Waals surface area contributed by atoms with Gasteiger partial charge >= 0.3 is 0 Å². The third kappa shape index (κ3) is 3.25. The molecular formula is C22H17F2N3O. The van der Waals surface area contributed by atoms with Gasteiger partial charge < -0.3 is 4.57 Å². The number of carbonyl (C=O) groups is 1. The number of halogens is 2. The summed E-state index contributed by atoms with van der Waals surface area (Å²) in [5.74, 6) is 3.67. The number of benzene rings is 3. The second-order valence-corrected chi connectivity index (χ2v) is 6.48. The number of hydrogen-bond acceptors (Lipinski definition) is 2. The number of fused-ring (bicyclic) bond motifs is 1. The number of hydrazine groups is 1. The van der Waals surface area contributed by atoms with Crippen molar-refractivity contribution in [2.75, 3.05) is 0 Å². The molecule has 1 amide bonds. The van der Waals surface area contributed by atoms with Crippen molar-refractivity contribution in [1.29, 1.82) is 0 Å². The van der Waals surface area contributed by atoms with E-state index in [9.17, 15) is 13.6 Å². The van der Waals surface area contributed by atoms with Crippen molar-refractivity contribution < 1.29 is 13.6 Å². The second-order valence-electron chi connectivity index (χ2n) is 6.48. The fraction of sp³-hybridized carbons (Fsp3) is 0.0455. The van der Waals surface area contributed by atoms with Gasteiger partial charge in [-0.05, 0) is 29.8 Å². The minimum Gasteiger partial charge on any atom is -0.342 e. The molecule has 4 nitrogen and oxygen atoms in total. The van der Waals surface area contributed by atoms with Crippen molar-refractivity contribution >= 4 is 16.8 Å². The van der Waals surface area contributed by atoms with E-state index in [1.807, 2.05) is 41.1 Å². The number of carbonyl (C=O) groups excluding carboxylic acids is 1. The van der Waals surface area contributed by atoms with E-state index in [1.54, 1.807) is 18.2 Å². The van der Waals surface area contributed by atoms with E-state index < -0.39 is 11.6 Å². The molecule has 3 N–H and O–H groups in total. The maximum absolute atomic E-state index is 14.1. The Morgan fingerprint density at radius 1 is 1.00 bits per heavy atom. The van der Waals surface area contributed by atoms with Crippen LogP contribution in [0.15, 0.2) is 72.9 Å². The van der Waals surface area contributed by atoms with Crippen LogP contribution in [-0.4, -0.2) is 10.5 Å². The lowest BCUT2D eigenvalue weighted by Crippen LogP contribution is -2.29.